The summed E-state index contributed by atoms with van der Waals surface area (Å²) in [5.41, 5.74) is 10.5. The summed E-state index contributed by atoms with van der Waals surface area (Å²) < 4.78 is 10.6. The molecule has 0 spiro atoms. The van der Waals surface area contributed by atoms with Crippen LogP contribution in [0.15, 0.2) is 30.3 Å². The van der Waals surface area contributed by atoms with E-state index in [9.17, 15) is 0 Å². The molecule has 1 atom stereocenters. The summed E-state index contributed by atoms with van der Waals surface area (Å²) >= 11 is 6.15. The van der Waals surface area contributed by atoms with E-state index in [1.807, 2.05) is 44.2 Å². The normalized spacial score (nSPS) is 12.1. The van der Waals surface area contributed by atoms with Crippen molar-refractivity contribution >= 4 is 11.6 Å². The van der Waals surface area contributed by atoms with Crippen LogP contribution in [0.4, 0.5) is 0 Å². The van der Waals surface area contributed by atoms with Gasteiger partial charge in [-0.2, -0.15) is 0 Å². The molecule has 0 heterocycles. The Labute approximate surface area is 130 Å². The molecule has 0 radical (unpaired) electrons. The van der Waals surface area contributed by atoms with E-state index in [1.54, 1.807) is 14.2 Å². The van der Waals surface area contributed by atoms with Gasteiger partial charge in [-0.25, -0.2) is 0 Å². The van der Waals surface area contributed by atoms with E-state index in [-0.39, 0.29) is 6.04 Å². The molecule has 0 aliphatic rings. The van der Waals surface area contributed by atoms with Crippen LogP contribution < -0.4 is 15.2 Å². The fraction of sp³-hybridized carbons (Fsp3) is 0.294. The van der Waals surface area contributed by atoms with Crippen molar-refractivity contribution in [1.82, 2.24) is 0 Å². The number of aryl methyl sites for hydroxylation is 2. The fourth-order valence-corrected chi connectivity index (χ4v) is 2.55. The van der Waals surface area contributed by atoms with Crippen LogP contribution in [0.1, 0.15) is 28.3 Å². The van der Waals surface area contributed by atoms with Gasteiger partial charge in [0.2, 0.25) is 0 Å². The minimum absolute atomic E-state index is 0.259. The minimum Gasteiger partial charge on any atom is -0.497 e. The van der Waals surface area contributed by atoms with E-state index in [1.165, 1.54) is 0 Å². The molecule has 0 aromatic heterocycles. The zero-order chi connectivity index (χ0) is 15.6. The predicted molar refractivity (Wildman–Crippen MR) is 86.5 cm³/mol. The zero-order valence-corrected chi connectivity index (χ0v) is 13.5. The highest BCUT2D eigenvalue weighted by atomic mass is 35.5. The van der Waals surface area contributed by atoms with E-state index in [0.29, 0.717) is 0 Å². The van der Waals surface area contributed by atoms with Crippen LogP contribution >= 0.6 is 11.6 Å². The largest absolute Gasteiger partial charge is 0.497 e. The molecule has 0 amide bonds. The maximum atomic E-state index is 6.43. The molecule has 0 saturated carbocycles. The van der Waals surface area contributed by atoms with Crippen molar-refractivity contribution < 1.29 is 9.47 Å². The first-order valence-electron chi connectivity index (χ1n) is 6.71. The van der Waals surface area contributed by atoms with Crippen LogP contribution in [-0.2, 0) is 0 Å². The van der Waals surface area contributed by atoms with E-state index in [2.05, 4.69) is 0 Å². The van der Waals surface area contributed by atoms with Gasteiger partial charge in [-0.15, -0.1) is 0 Å². The minimum atomic E-state index is -0.259. The SMILES string of the molecule is COc1cc(OC)cc(C(N)c2cc(C)c(Cl)cc2C)c1. The molecule has 2 aromatic rings. The highest BCUT2D eigenvalue weighted by Crippen LogP contribution is 2.31. The Balaban J connectivity index is 2.49. The molecule has 0 aliphatic carbocycles. The summed E-state index contributed by atoms with van der Waals surface area (Å²) in [6.45, 7) is 3.99. The second kappa shape index (κ2) is 6.37. The first kappa shape index (κ1) is 15.7. The van der Waals surface area contributed by atoms with Gasteiger partial charge in [-0.1, -0.05) is 17.7 Å². The molecular weight excluding hydrogens is 286 g/mol. The van der Waals surface area contributed by atoms with Crippen molar-refractivity contribution in [3.63, 3.8) is 0 Å². The van der Waals surface area contributed by atoms with Crippen LogP contribution in [-0.4, -0.2) is 14.2 Å². The average Bonchev–Trinajstić information content (AvgIpc) is 2.49. The van der Waals surface area contributed by atoms with Crippen LogP contribution in [0, 0.1) is 13.8 Å². The van der Waals surface area contributed by atoms with Crippen molar-refractivity contribution in [2.45, 2.75) is 19.9 Å². The summed E-state index contributed by atoms with van der Waals surface area (Å²) in [6.07, 6.45) is 0. The lowest BCUT2D eigenvalue weighted by Crippen LogP contribution is -2.14. The number of halogens is 1. The number of ether oxygens (including phenoxy) is 2. The first-order valence-corrected chi connectivity index (χ1v) is 7.09. The summed E-state index contributed by atoms with van der Waals surface area (Å²) in [7, 11) is 3.25. The Morgan fingerprint density at radius 2 is 1.48 bits per heavy atom. The number of hydrogen-bond acceptors (Lipinski definition) is 3. The van der Waals surface area contributed by atoms with Crippen molar-refractivity contribution in [3.8, 4) is 11.5 Å². The summed E-state index contributed by atoms with van der Waals surface area (Å²) in [6, 6.07) is 9.41. The number of rotatable bonds is 4. The van der Waals surface area contributed by atoms with Gasteiger partial charge >= 0.3 is 0 Å². The Morgan fingerprint density at radius 1 is 0.905 bits per heavy atom. The van der Waals surface area contributed by atoms with Gasteiger partial charge in [0.25, 0.3) is 0 Å². The molecule has 2 N–H and O–H groups in total. The van der Waals surface area contributed by atoms with Gasteiger partial charge in [0.1, 0.15) is 11.5 Å². The molecule has 21 heavy (non-hydrogen) atoms. The summed E-state index contributed by atoms with van der Waals surface area (Å²) in [4.78, 5) is 0. The summed E-state index contributed by atoms with van der Waals surface area (Å²) in [5.74, 6) is 1.45. The Morgan fingerprint density at radius 3 is 2.00 bits per heavy atom. The Bertz CT molecular complexity index is 633. The second-order valence-corrected chi connectivity index (χ2v) is 5.49. The smallest absolute Gasteiger partial charge is 0.122 e. The lowest BCUT2D eigenvalue weighted by atomic mass is 9.94. The highest BCUT2D eigenvalue weighted by Gasteiger charge is 2.15. The van der Waals surface area contributed by atoms with Crippen LogP contribution in [0.2, 0.25) is 5.02 Å². The molecule has 0 saturated heterocycles. The molecular formula is C17H20ClNO2. The predicted octanol–water partition coefficient (Wildman–Crippen LogP) is 4.02. The van der Waals surface area contributed by atoms with Gasteiger partial charge < -0.3 is 15.2 Å². The van der Waals surface area contributed by atoms with E-state index < -0.39 is 0 Å². The molecule has 2 aromatic carbocycles. The van der Waals surface area contributed by atoms with E-state index >= 15 is 0 Å². The van der Waals surface area contributed by atoms with Crippen molar-refractivity contribution in [2.24, 2.45) is 5.73 Å². The maximum Gasteiger partial charge on any atom is 0.122 e. The zero-order valence-electron chi connectivity index (χ0n) is 12.7. The third kappa shape index (κ3) is 3.31. The second-order valence-electron chi connectivity index (χ2n) is 5.08. The van der Waals surface area contributed by atoms with Gasteiger partial charge in [0, 0.05) is 11.1 Å². The Hall–Kier alpha value is -1.71. The molecule has 1 unspecified atom stereocenters. The molecule has 0 bridgehead atoms. The van der Waals surface area contributed by atoms with Crippen molar-refractivity contribution in [3.05, 3.63) is 57.6 Å². The summed E-state index contributed by atoms with van der Waals surface area (Å²) in [5, 5.41) is 0.756. The first-order chi connectivity index (χ1) is 9.96. The van der Waals surface area contributed by atoms with Crippen molar-refractivity contribution in [1.29, 1.82) is 0 Å². The molecule has 0 aliphatic heterocycles. The topological polar surface area (TPSA) is 44.5 Å². The van der Waals surface area contributed by atoms with E-state index in [4.69, 9.17) is 26.8 Å². The Kier molecular flexibility index (Phi) is 4.76. The monoisotopic (exact) mass is 305 g/mol. The standard InChI is InChI=1S/C17H20ClNO2/c1-10-6-16(18)11(2)5-15(10)17(19)12-7-13(20-3)9-14(8-12)21-4/h5-9,17H,19H2,1-4H3. The van der Waals surface area contributed by atoms with Gasteiger partial charge in [-0.05, 0) is 54.3 Å². The van der Waals surface area contributed by atoms with Crippen LogP contribution in [0.3, 0.4) is 0 Å². The van der Waals surface area contributed by atoms with Crippen LogP contribution in [0.25, 0.3) is 0 Å². The third-order valence-corrected chi connectivity index (χ3v) is 4.02. The van der Waals surface area contributed by atoms with E-state index in [0.717, 1.165) is 38.8 Å². The fourth-order valence-electron chi connectivity index (χ4n) is 2.33. The number of hydrogen-bond donors (Lipinski definition) is 1. The number of methoxy groups -OCH3 is 2. The highest BCUT2D eigenvalue weighted by molar-refractivity contribution is 6.31. The molecule has 112 valence electrons. The lowest BCUT2D eigenvalue weighted by Gasteiger charge is -2.18. The van der Waals surface area contributed by atoms with Crippen LogP contribution in [0.5, 0.6) is 11.5 Å². The number of nitrogens with two attached hydrogens (primary N) is 1. The van der Waals surface area contributed by atoms with Crippen molar-refractivity contribution in [2.75, 3.05) is 14.2 Å². The molecule has 4 heteroatoms. The lowest BCUT2D eigenvalue weighted by molar-refractivity contribution is 0.393. The third-order valence-electron chi connectivity index (χ3n) is 3.62. The molecule has 2 rings (SSSR count). The quantitative estimate of drug-likeness (QED) is 0.928. The molecule has 3 nitrogen and oxygen atoms in total. The van der Waals surface area contributed by atoms with Gasteiger partial charge in [0.15, 0.2) is 0 Å². The van der Waals surface area contributed by atoms with Gasteiger partial charge in [-0.3, -0.25) is 0 Å². The number of benzene rings is 2. The molecule has 0 fully saturated rings. The average molecular weight is 306 g/mol. The van der Waals surface area contributed by atoms with Gasteiger partial charge in [0.05, 0.1) is 20.3 Å². The maximum absolute atomic E-state index is 6.43.